The zero-order valence-corrected chi connectivity index (χ0v) is 22.4. The van der Waals surface area contributed by atoms with E-state index in [0.29, 0.717) is 23.4 Å². The average Bonchev–Trinajstić information content (AvgIpc) is 3.52. The van der Waals surface area contributed by atoms with Gasteiger partial charge in [0.25, 0.3) is 5.91 Å². The largest absolute Gasteiger partial charge is 0.465 e. The molecule has 1 aliphatic heterocycles. The van der Waals surface area contributed by atoms with Crippen molar-refractivity contribution in [2.45, 2.75) is 12.5 Å². The molecule has 0 bridgehead atoms. The summed E-state index contributed by atoms with van der Waals surface area (Å²) in [7, 11) is 1.41. The van der Waals surface area contributed by atoms with Crippen LogP contribution in [0.4, 0.5) is 20.6 Å². The van der Waals surface area contributed by atoms with Gasteiger partial charge in [-0.25, -0.2) is 9.18 Å². The molecule has 208 valence electrons. The van der Waals surface area contributed by atoms with Gasteiger partial charge in [-0.1, -0.05) is 35.9 Å². The fraction of sp³-hybridized carbons (Fsp3) is 0.143. The average molecular weight is 576 g/mol. The Morgan fingerprint density at radius 3 is 2.59 bits per heavy atom. The Bertz CT molecular complexity index is 1640. The lowest BCUT2D eigenvalue weighted by Gasteiger charge is -2.35. The Hall–Kier alpha value is -5.10. The van der Waals surface area contributed by atoms with Gasteiger partial charge in [0.2, 0.25) is 5.91 Å². The summed E-state index contributed by atoms with van der Waals surface area (Å²) in [5.74, 6) is -1.72. The number of anilines is 2. The van der Waals surface area contributed by atoms with Crippen LogP contribution in [0.1, 0.15) is 22.7 Å². The first-order valence-electron chi connectivity index (χ1n) is 12.4. The van der Waals surface area contributed by atoms with Crippen LogP contribution in [0.2, 0.25) is 5.02 Å². The molecular weight excluding hydrogens is 553 g/mol. The van der Waals surface area contributed by atoms with Gasteiger partial charge >= 0.3 is 6.09 Å². The Labute approximate surface area is 238 Å². The number of nitrogens with one attached hydrogen (secondary N) is 1. The summed E-state index contributed by atoms with van der Waals surface area (Å²) < 4.78 is 16.3. The quantitative estimate of drug-likeness (QED) is 0.327. The Morgan fingerprint density at radius 1 is 1.12 bits per heavy atom. The molecule has 13 heteroatoms. The van der Waals surface area contributed by atoms with Gasteiger partial charge in [-0.2, -0.15) is 4.68 Å². The Kier molecular flexibility index (Phi) is 7.74. The number of rotatable bonds is 6. The molecule has 5 rings (SSSR count). The summed E-state index contributed by atoms with van der Waals surface area (Å²) in [6.07, 6.45) is 3.17. The maximum Gasteiger partial charge on any atom is 0.411 e. The van der Waals surface area contributed by atoms with Crippen LogP contribution in [0, 0.1) is 5.82 Å². The molecule has 0 saturated carbocycles. The fourth-order valence-electron chi connectivity index (χ4n) is 4.61. The summed E-state index contributed by atoms with van der Waals surface area (Å²) in [6, 6.07) is 15.6. The fourth-order valence-corrected chi connectivity index (χ4v) is 4.78. The van der Waals surface area contributed by atoms with Crippen LogP contribution in [0.3, 0.4) is 0 Å². The number of carbonyl (C=O) groups excluding carboxylic acids is 2. The van der Waals surface area contributed by atoms with Crippen LogP contribution in [0.15, 0.2) is 73.1 Å². The van der Waals surface area contributed by atoms with Gasteiger partial charge in [-0.15, -0.1) is 5.10 Å². The molecule has 0 radical (unpaired) electrons. The maximum atomic E-state index is 15.0. The number of aromatic nitrogens is 4. The molecule has 3 aromatic carbocycles. The van der Waals surface area contributed by atoms with E-state index in [1.54, 1.807) is 36.4 Å². The minimum absolute atomic E-state index is 0.00276. The highest BCUT2D eigenvalue weighted by Crippen LogP contribution is 2.32. The molecule has 4 aromatic rings. The molecule has 1 aromatic heterocycles. The minimum atomic E-state index is -1.12. The highest BCUT2D eigenvalue weighted by Gasteiger charge is 2.35. The predicted molar refractivity (Wildman–Crippen MR) is 149 cm³/mol. The van der Waals surface area contributed by atoms with Crippen LogP contribution in [0.25, 0.3) is 11.8 Å². The number of fused-ring (bicyclic) bond motifs is 1. The summed E-state index contributed by atoms with van der Waals surface area (Å²) in [5.41, 5.74) is 2.73. The van der Waals surface area contributed by atoms with Crippen LogP contribution in [0.5, 0.6) is 0 Å². The van der Waals surface area contributed by atoms with Crippen molar-refractivity contribution in [2.75, 3.05) is 23.8 Å². The van der Waals surface area contributed by atoms with Gasteiger partial charge in [0.15, 0.2) is 5.82 Å². The number of carbonyl (C=O) groups is 3. The second-order valence-electron chi connectivity index (χ2n) is 9.14. The molecule has 0 unspecified atom stereocenters. The zero-order chi connectivity index (χ0) is 29.1. The summed E-state index contributed by atoms with van der Waals surface area (Å²) in [4.78, 5) is 40.8. The van der Waals surface area contributed by atoms with E-state index in [1.165, 1.54) is 47.2 Å². The lowest BCUT2D eigenvalue weighted by Crippen LogP contribution is -2.44. The standard InChI is InChI=1S/C28H23ClFN7O4/c1-35(28(40)41)19-8-6-18(7-9-19)32-27(39)26-20-5-3-2-4-17(20)14-15-36(26)24(38)13-10-21-23(37-16-31-33-34-37)12-11-22(29)25(21)30/h2-13,16,26H,14-15H2,1H3,(H,32,39)(H,40,41)/b13-10+/t26-/m0/s1. The smallest absolute Gasteiger partial charge is 0.411 e. The summed E-state index contributed by atoms with van der Waals surface area (Å²) >= 11 is 6.00. The number of nitrogens with zero attached hydrogens (tertiary/aromatic N) is 6. The minimum Gasteiger partial charge on any atom is -0.465 e. The van der Waals surface area contributed by atoms with E-state index >= 15 is 4.39 Å². The number of tetrazole rings is 1. The summed E-state index contributed by atoms with van der Waals surface area (Å²) in [6.45, 7) is 0.249. The Morgan fingerprint density at radius 2 is 1.88 bits per heavy atom. The second kappa shape index (κ2) is 11.6. The first kappa shape index (κ1) is 27.5. The maximum absolute atomic E-state index is 15.0. The molecule has 2 N–H and O–H groups in total. The Balaban J connectivity index is 1.43. The van der Waals surface area contributed by atoms with Crippen molar-refractivity contribution in [1.82, 2.24) is 25.1 Å². The van der Waals surface area contributed by atoms with Crippen molar-refractivity contribution < 1.29 is 23.9 Å². The topological polar surface area (TPSA) is 134 Å². The van der Waals surface area contributed by atoms with Crippen molar-refractivity contribution >= 4 is 47.0 Å². The highest BCUT2D eigenvalue weighted by atomic mass is 35.5. The molecule has 3 amide bonds. The van der Waals surface area contributed by atoms with Gasteiger partial charge in [0.05, 0.1) is 10.7 Å². The SMILES string of the molecule is CN(C(=O)O)c1ccc(NC(=O)[C@@H]2c3ccccc3CCN2C(=O)/C=C/c2c(-n3cnnn3)ccc(Cl)c2F)cc1. The van der Waals surface area contributed by atoms with E-state index in [-0.39, 0.29) is 22.8 Å². The predicted octanol–water partition coefficient (Wildman–Crippen LogP) is 4.35. The van der Waals surface area contributed by atoms with Gasteiger partial charge in [-0.3, -0.25) is 14.5 Å². The van der Waals surface area contributed by atoms with Crippen LogP contribution in [-0.4, -0.2) is 61.7 Å². The van der Waals surface area contributed by atoms with Crippen molar-refractivity contribution in [3.8, 4) is 5.69 Å². The van der Waals surface area contributed by atoms with Crippen molar-refractivity contribution in [3.05, 3.63) is 101 Å². The normalized spacial score (nSPS) is 14.5. The number of halogens is 2. The van der Waals surface area contributed by atoms with Crippen molar-refractivity contribution in [1.29, 1.82) is 0 Å². The first-order valence-corrected chi connectivity index (χ1v) is 12.8. The van der Waals surface area contributed by atoms with Gasteiger partial charge in [0.1, 0.15) is 12.4 Å². The number of benzene rings is 3. The summed E-state index contributed by atoms with van der Waals surface area (Å²) in [5, 5.41) is 22.8. The van der Waals surface area contributed by atoms with Gasteiger partial charge in [-0.05, 0) is 70.4 Å². The van der Waals surface area contributed by atoms with Gasteiger partial charge in [0, 0.05) is 36.6 Å². The third kappa shape index (κ3) is 5.63. The van der Waals surface area contributed by atoms with Gasteiger partial charge < -0.3 is 15.3 Å². The van der Waals surface area contributed by atoms with E-state index in [2.05, 4.69) is 20.8 Å². The lowest BCUT2D eigenvalue weighted by molar-refractivity contribution is -0.135. The molecule has 2 heterocycles. The molecule has 0 aliphatic carbocycles. The molecule has 1 atom stereocenters. The third-order valence-electron chi connectivity index (χ3n) is 6.72. The first-order chi connectivity index (χ1) is 19.7. The molecule has 41 heavy (non-hydrogen) atoms. The number of amides is 3. The van der Waals surface area contributed by atoms with Crippen LogP contribution >= 0.6 is 11.6 Å². The van der Waals surface area contributed by atoms with E-state index in [1.807, 2.05) is 12.1 Å². The van der Waals surface area contributed by atoms with Crippen molar-refractivity contribution in [3.63, 3.8) is 0 Å². The molecule has 0 fully saturated rings. The van der Waals surface area contributed by atoms with Crippen molar-refractivity contribution in [2.24, 2.45) is 0 Å². The van der Waals surface area contributed by atoms with E-state index < -0.39 is 29.8 Å². The van der Waals surface area contributed by atoms with E-state index in [4.69, 9.17) is 11.6 Å². The molecule has 1 aliphatic rings. The number of hydrogen-bond donors (Lipinski definition) is 2. The second-order valence-corrected chi connectivity index (χ2v) is 9.55. The molecule has 11 nitrogen and oxygen atoms in total. The van der Waals surface area contributed by atoms with E-state index in [9.17, 15) is 19.5 Å². The molecular formula is C28H23ClFN7O4. The van der Waals surface area contributed by atoms with Crippen LogP contribution in [-0.2, 0) is 16.0 Å². The monoisotopic (exact) mass is 575 g/mol. The number of carboxylic acid groups (broad SMARTS) is 1. The highest BCUT2D eigenvalue weighted by molar-refractivity contribution is 6.31. The molecule has 0 spiro atoms. The zero-order valence-electron chi connectivity index (χ0n) is 21.6. The third-order valence-corrected chi connectivity index (χ3v) is 7.01. The lowest BCUT2D eigenvalue weighted by atomic mass is 9.91. The van der Waals surface area contributed by atoms with Crippen LogP contribution < -0.4 is 10.2 Å². The molecule has 0 saturated heterocycles. The number of hydrogen-bond acceptors (Lipinski definition) is 6. The van der Waals surface area contributed by atoms with E-state index in [0.717, 1.165) is 10.5 Å².